The molecule has 4 heteroatoms. The number of aromatic nitrogens is 3. The molecule has 2 rings (SSSR count). The van der Waals surface area contributed by atoms with Crippen molar-refractivity contribution in [3.8, 4) is 0 Å². The smallest absolute Gasteiger partial charge is 0.245 e. The highest BCUT2D eigenvalue weighted by Crippen LogP contribution is 2.31. The van der Waals surface area contributed by atoms with Gasteiger partial charge in [-0.05, 0) is 37.5 Å². The highest BCUT2D eigenvalue weighted by molar-refractivity contribution is 5.34. The van der Waals surface area contributed by atoms with Crippen LogP contribution in [0, 0.1) is 5.41 Å². The molecular formula is C16H28N4. The van der Waals surface area contributed by atoms with Gasteiger partial charge in [-0.2, -0.15) is 5.10 Å². The molecule has 1 saturated heterocycles. The maximum Gasteiger partial charge on any atom is 0.245 e. The van der Waals surface area contributed by atoms with E-state index in [1.54, 1.807) is 0 Å². The normalized spacial score (nSPS) is 19.6. The van der Waals surface area contributed by atoms with E-state index in [9.17, 15) is 0 Å². The van der Waals surface area contributed by atoms with Crippen molar-refractivity contribution in [1.82, 2.24) is 15.2 Å². The Morgan fingerprint density at radius 2 is 1.80 bits per heavy atom. The molecule has 1 aliphatic rings. The van der Waals surface area contributed by atoms with Crippen LogP contribution in [0.1, 0.15) is 65.3 Å². The summed E-state index contributed by atoms with van der Waals surface area (Å²) < 4.78 is 0. The molecule has 0 amide bonds. The highest BCUT2D eigenvalue weighted by Gasteiger charge is 2.30. The zero-order chi connectivity index (χ0) is 14.8. The maximum atomic E-state index is 4.78. The van der Waals surface area contributed by atoms with Crippen LogP contribution in [0.2, 0.25) is 0 Å². The van der Waals surface area contributed by atoms with Crippen LogP contribution >= 0.6 is 0 Å². The molecule has 2 heterocycles. The summed E-state index contributed by atoms with van der Waals surface area (Å²) in [6.07, 6.45) is 5.52. The van der Waals surface area contributed by atoms with Crippen LogP contribution in [0.3, 0.4) is 0 Å². The van der Waals surface area contributed by atoms with Crippen molar-refractivity contribution in [2.24, 2.45) is 5.41 Å². The number of anilines is 1. The fraction of sp³-hybridized carbons (Fsp3) is 0.812. The zero-order valence-electron chi connectivity index (χ0n) is 13.6. The van der Waals surface area contributed by atoms with E-state index in [1.807, 2.05) is 0 Å². The van der Waals surface area contributed by atoms with E-state index in [2.05, 4.69) is 49.7 Å². The number of aryl methyl sites for hydroxylation is 2. The van der Waals surface area contributed by atoms with E-state index in [-0.39, 0.29) is 0 Å². The first-order chi connectivity index (χ1) is 9.44. The maximum absolute atomic E-state index is 4.78. The van der Waals surface area contributed by atoms with Crippen molar-refractivity contribution in [3.63, 3.8) is 0 Å². The molecule has 1 unspecified atom stereocenters. The van der Waals surface area contributed by atoms with Crippen LogP contribution in [0.4, 0.5) is 5.95 Å². The first kappa shape index (κ1) is 15.2. The molecule has 0 bridgehead atoms. The van der Waals surface area contributed by atoms with Gasteiger partial charge in [0.1, 0.15) is 0 Å². The summed E-state index contributed by atoms with van der Waals surface area (Å²) in [4.78, 5) is 7.15. The van der Waals surface area contributed by atoms with Crippen molar-refractivity contribution in [2.45, 2.75) is 72.8 Å². The van der Waals surface area contributed by atoms with Gasteiger partial charge in [-0.3, -0.25) is 0 Å². The Bertz CT molecular complexity index is 450. The predicted octanol–water partition coefficient (Wildman–Crippen LogP) is 3.40. The third-order valence-electron chi connectivity index (χ3n) is 3.98. The third kappa shape index (κ3) is 3.47. The minimum Gasteiger partial charge on any atom is -0.337 e. The lowest BCUT2D eigenvalue weighted by Crippen LogP contribution is -2.34. The minimum absolute atomic E-state index is 0.345. The van der Waals surface area contributed by atoms with Gasteiger partial charge in [0.2, 0.25) is 5.95 Å². The summed E-state index contributed by atoms with van der Waals surface area (Å²) in [6, 6.07) is 0.564. The minimum atomic E-state index is 0.345. The first-order valence-electron chi connectivity index (χ1n) is 7.93. The standard InChI is InChI=1S/C16H28N4/c1-6-13-14(7-2)18-19-15(17-13)20-10-8-9-12(20)11-16(3,4)5/h12H,6-11H2,1-5H3. The molecule has 112 valence electrons. The lowest BCUT2D eigenvalue weighted by Gasteiger charge is -2.30. The molecule has 4 nitrogen and oxygen atoms in total. The molecule has 0 radical (unpaired) electrons. The van der Waals surface area contributed by atoms with E-state index in [1.165, 1.54) is 19.3 Å². The molecule has 1 aromatic heterocycles. The first-order valence-corrected chi connectivity index (χ1v) is 7.93. The van der Waals surface area contributed by atoms with Crippen LogP contribution in [0.15, 0.2) is 0 Å². The Hall–Kier alpha value is -1.19. The van der Waals surface area contributed by atoms with E-state index in [0.29, 0.717) is 11.5 Å². The van der Waals surface area contributed by atoms with Crippen LogP contribution in [0.25, 0.3) is 0 Å². The van der Waals surface area contributed by atoms with E-state index in [4.69, 9.17) is 4.98 Å². The lowest BCUT2D eigenvalue weighted by molar-refractivity contribution is 0.338. The van der Waals surface area contributed by atoms with Gasteiger partial charge in [0.15, 0.2) is 0 Å². The van der Waals surface area contributed by atoms with Crippen LogP contribution in [-0.4, -0.2) is 27.8 Å². The summed E-state index contributed by atoms with van der Waals surface area (Å²) in [5, 5.41) is 8.77. The van der Waals surface area contributed by atoms with Crippen LogP contribution in [0.5, 0.6) is 0 Å². The molecule has 0 aromatic carbocycles. The third-order valence-corrected chi connectivity index (χ3v) is 3.98. The number of hydrogen-bond acceptors (Lipinski definition) is 4. The fourth-order valence-corrected chi connectivity index (χ4v) is 3.07. The summed E-state index contributed by atoms with van der Waals surface area (Å²) in [7, 11) is 0. The molecule has 1 aromatic rings. The van der Waals surface area contributed by atoms with Gasteiger partial charge in [0, 0.05) is 12.6 Å². The second kappa shape index (κ2) is 6.06. The monoisotopic (exact) mass is 276 g/mol. The molecule has 0 aliphatic carbocycles. The van der Waals surface area contributed by atoms with Crippen molar-refractivity contribution in [1.29, 1.82) is 0 Å². The van der Waals surface area contributed by atoms with Crippen molar-refractivity contribution in [2.75, 3.05) is 11.4 Å². The highest BCUT2D eigenvalue weighted by atomic mass is 15.3. The molecule has 0 spiro atoms. The number of nitrogens with zero attached hydrogens (tertiary/aromatic N) is 4. The van der Waals surface area contributed by atoms with Crippen molar-refractivity contribution < 1.29 is 0 Å². The van der Waals surface area contributed by atoms with E-state index >= 15 is 0 Å². The SMILES string of the molecule is CCc1nnc(N2CCCC2CC(C)(C)C)nc1CC. The quantitative estimate of drug-likeness (QED) is 0.845. The Morgan fingerprint density at radius 3 is 2.40 bits per heavy atom. The summed E-state index contributed by atoms with van der Waals surface area (Å²) in [6.45, 7) is 12.2. The molecule has 1 atom stereocenters. The molecule has 0 saturated carbocycles. The average molecular weight is 276 g/mol. The Labute approximate surface area is 123 Å². The molecule has 1 aliphatic heterocycles. The lowest BCUT2D eigenvalue weighted by atomic mass is 9.87. The zero-order valence-corrected chi connectivity index (χ0v) is 13.6. The van der Waals surface area contributed by atoms with Gasteiger partial charge in [0.05, 0.1) is 11.4 Å². The van der Waals surface area contributed by atoms with Gasteiger partial charge < -0.3 is 4.90 Å². The Balaban J connectivity index is 2.21. The van der Waals surface area contributed by atoms with Gasteiger partial charge in [0.25, 0.3) is 0 Å². The van der Waals surface area contributed by atoms with Crippen LogP contribution in [-0.2, 0) is 12.8 Å². The Kier molecular flexibility index (Phi) is 4.61. The predicted molar refractivity (Wildman–Crippen MR) is 83.0 cm³/mol. The number of rotatable bonds is 4. The van der Waals surface area contributed by atoms with Gasteiger partial charge in [-0.25, -0.2) is 4.98 Å². The average Bonchev–Trinajstić information content (AvgIpc) is 2.83. The molecule has 0 N–H and O–H groups in total. The molecule has 1 fully saturated rings. The Morgan fingerprint density at radius 1 is 1.10 bits per heavy atom. The summed E-state index contributed by atoms with van der Waals surface area (Å²) in [5.41, 5.74) is 2.50. The second-order valence-corrected chi connectivity index (χ2v) is 6.97. The van der Waals surface area contributed by atoms with Gasteiger partial charge >= 0.3 is 0 Å². The largest absolute Gasteiger partial charge is 0.337 e. The summed E-state index contributed by atoms with van der Waals surface area (Å²) in [5.74, 6) is 0.839. The summed E-state index contributed by atoms with van der Waals surface area (Å²) >= 11 is 0. The van der Waals surface area contributed by atoms with Gasteiger partial charge in [-0.15, -0.1) is 5.10 Å². The number of hydrogen-bond donors (Lipinski definition) is 0. The van der Waals surface area contributed by atoms with Gasteiger partial charge in [-0.1, -0.05) is 34.6 Å². The second-order valence-electron chi connectivity index (χ2n) is 6.97. The topological polar surface area (TPSA) is 41.9 Å². The molecular weight excluding hydrogens is 248 g/mol. The molecule has 20 heavy (non-hydrogen) atoms. The van der Waals surface area contributed by atoms with Crippen molar-refractivity contribution in [3.05, 3.63) is 11.4 Å². The fourth-order valence-electron chi connectivity index (χ4n) is 3.07. The van der Waals surface area contributed by atoms with Crippen LogP contribution < -0.4 is 4.90 Å². The van der Waals surface area contributed by atoms with Crippen molar-refractivity contribution >= 4 is 5.95 Å². The van der Waals surface area contributed by atoms with E-state index < -0.39 is 0 Å². The van der Waals surface area contributed by atoms with E-state index in [0.717, 1.165) is 36.7 Å².